The molecule has 0 saturated heterocycles. The number of rotatable bonds is 3. The van der Waals surface area contributed by atoms with E-state index in [4.69, 9.17) is 17.3 Å². The lowest BCUT2D eigenvalue weighted by molar-refractivity contribution is 0.262. The molecule has 0 aliphatic heterocycles. The topological polar surface area (TPSA) is 67.1 Å². The molecule has 0 spiro atoms. The molecule has 0 fully saturated rings. The minimum Gasteiger partial charge on any atom is -0.324 e. The third-order valence-electron chi connectivity index (χ3n) is 2.75. The molecule has 0 saturated carbocycles. The van der Waals surface area contributed by atoms with Gasteiger partial charge in [-0.3, -0.25) is 0 Å². The summed E-state index contributed by atoms with van der Waals surface area (Å²) in [6.45, 7) is 1.89. The number of carbonyl (C=O) groups is 1. The second kappa shape index (κ2) is 6.41. The van der Waals surface area contributed by atoms with Gasteiger partial charge in [0.15, 0.2) is 0 Å². The number of nitrogens with one attached hydrogen (secondary N) is 2. The highest BCUT2D eigenvalue weighted by Crippen LogP contribution is 2.17. The first-order valence-corrected chi connectivity index (χ1v) is 6.61. The van der Waals surface area contributed by atoms with Crippen molar-refractivity contribution in [2.45, 2.75) is 13.0 Å². The van der Waals surface area contributed by atoms with Crippen LogP contribution in [0.2, 0.25) is 5.02 Å². The number of carbonyl (C=O) groups excluding carboxylic acids is 1. The molecule has 2 rings (SSSR count). The Labute approximate surface area is 122 Å². The summed E-state index contributed by atoms with van der Waals surface area (Å²) in [5, 5.41) is 6.04. The van der Waals surface area contributed by atoms with Crippen molar-refractivity contribution in [2.24, 2.45) is 5.73 Å². The first-order valence-electron chi connectivity index (χ1n) is 6.24. The number of hydrogen-bond donors (Lipinski definition) is 3. The van der Waals surface area contributed by atoms with E-state index in [1.807, 2.05) is 31.2 Å². The van der Waals surface area contributed by atoms with Crippen LogP contribution in [0.5, 0.6) is 0 Å². The van der Waals surface area contributed by atoms with Crippen LogP contribution < -0.4 is 16.4 Å². The van der Waals surface area contributed by atoms with Crippen LogP contribution in [0, 0.1) is 0 Å². The Morgan fingerprint density at radius 1 is 1.10 bits per heavy atom. The van der Waals surface area contributed by atoms with Crippen molar-refractivity contribution in [3.05, 3.63) is 59.1 Å². The van der Waals surface area contributed by atoms with E-state index in [1.165, 1.54) is 0 Å². The molecule has 2 aromatic rings. The van der Waals surface area contributed by atoms with E-state index in [1.54, 1.807) is 24.3 Å². The summed E-state index contributed by atoms with van der Waals surface area (Å²) in [4.78, 5) is 11.9. The first-order chi connectivity index (χ1) is 9.54. The standard InChI is InChI=1S/C15H16ClN3O/c1-10(17)11-4-2-6-13(8-11)18-15(20)19-14-7-3-5-12(16)9-14/h2-10H,17H2,1H3,(H2,18,19,20). The maximum absolute atomic E-state index is 11.9. The summed E-state index contributed by atoms with van der Waals surface area (Å²) in [7, 11) is 0. The average molecular weight is 290 g/mol. The maximum Gasteiger partial charge on any atom is 0.323 e. The first kappa shape index (κ1) is 14.4. The van der Waals surface area contributed by atoms with Crippen LogP contribution in [0.25, 0.3) is 0 Å². The molecule has 5 heteroatoms. The van der Waals surface area contributed by atoms with E-state index >= 15 is 0 Å². The summed E-state index contributed by atoms with van der Waals surface area (Å²) in [5.41, 5.74) is 8.11. The van der Waals surface area contributed by atoms with Gasteiger partial charge in [0, 0.05) is 22.4 Å². The Kier molecular flexibility index (Phi) is 4.61. The zero-order chi connectivity index (χ0) is 14.5. The lowest BCUT2D eigenvalue weighted by Crippen LogP contribution is -2.19. The van der Waals surface area contributed by atoms with E-state index in [0.29, 0.717) is 16.4 Å². The Bertz CT molecular complexity index is 614. The van der Waals surface area contributed by atoms with Gasteiger partial charge in [0.2, 0.25) is 0 Å². The SMILES string of the molecule is CC(N)c1cccc(NC(=O)Nc2cccc(Cl)c2)c1. The predicted molar refractivity (Wildman–Crippen MR) is 83.1 cm³/mol. The van der Waals surface area contributed by atoms with Crippen molar-refractivity contribution in [1.82, 2.24) is 0 Å². The third kappa shape index (κ3) is 3.98. The Morgan fingerprint density at radius 3 is 2.30 bits per heavy atom. The molecule has 0 aliphatic carbocycles. The summed E-state index contributed by atoms with van der Waals surface area (Å²) >= 11 is 5.86. The smallest absolute Gasteiger partial charge is 0.323 e. The van der Waals surface area contributed by atoms with Gasteiger partial charge in [0.05, 0.1) is 0 Å². The number of benzene rings is 2. The van der Waals surface area contributed by atoms with Crippen LogP contribution in [-0.2, 0) is 0 Å². The van der Waals surface area contributed by atoms with Gasteiger partial charge in [-0.25, -0.2) is 4.79 Å². The Morgan fingerprint density at radius 2 is 1.70 bits per heavy atom. The number of hydrogen-bond acceptors (Lipinski definition) is 2. The molecule has 0 bridgehead atoms. The highest BCUT2D eigenvalue weighted by atomic mass is 35.5. The van der Waals surface area contributed by atoms with Crippen molar-refractivity contribution in [3.8, 4) is 0 Å². The van der Waals surface area contributed by atoms with E-state index in [9.17, 15) is 4.79 Å². The van der Waals surface area contributed by atoms with Crippen molar-refractivity contribution in [1.29, 1.82) is 0 Å². The van der Waals surface area contributed by atoms with Crippen LogP contribution in [-0.4, -0.2) is 6.03 Å². The van der Waals surface area contributed by atoms with Gasteiger partial charge < -0.3 is 16.4 Å². The van der Waals surface area contributed by atoms with Crippen LogP contribution in [0.3, 0.4) is 0 Å². The molecule has 2 amide bonds. The molecule has 2 aromatic carbocycles. The normalized spacial score (nSPS) is 11.8. The molecule has 104 valence electrons. The second-order valence-electron chi connectivity index (χ2n) is 4.50. The lowest BCUT2D eigenvalue weighted by Gasteiger charge is -2.10. The molecule has 0 aliphatic rings. The molecule has 0 radical (unpaired) electrons. The van der Waals surface area contributed by atoms with Crippen LogP contribution in [0.15, 0.2) is 48.5 Å². The second-order valence-corrected chi connectivity index (χ2v) is 4.94. The van der Waals surface area contributed by atoms with Gasteiger partial charge in [0.1, 0.15) is 0 Å². The minimum atomic E-state index is -0.325. The van der Waals surface area contributed by atoms with Crippen molar-refractivity contribution in [2.75, 3.05) is 10.6 Å². The fraction of sp³-hybridized carbons (Fsp3) is 0.133. The molecule has 1 unspecified atom stereocenters. The molecular formula is C15H16ClN3O. The van der Waals surface area contributed by atoms with Gasteiger partial charge >= 0.3 is 6.03 Å². The number of amides is 2. The Hall–Kier alpha value is -2.04. The van der Waals surface area contributed by atoms with Gasteiger partial charge in [-0.05, 0) is 42.8 Å². The number of halogens is 1. The molecule has 0 heterocycles. The zero-order valence-corrected chi connectivity index (χ0v) is 11.8. The van der Waals surface area contributed by atoms with Crippen molar-refractivity contribution < 1.29 is 4.79 Å². The highest BCUT2D eigenvalue weighted by Gasteiger charge is 2.05. The van der Waals surface area contributed by atoms with Gasteiger partial charge in [-0.2, -0.15) is 0 Å². The summed E-state index contributed by atoms with van der Waals surface area (Å²) in [6, 6.07) is 14.0. The Balaban J connectivity index is 2.03. The number of nitrogens with two attached hydrogens (primary N) is 1. The fourth-order valence-electron chi connectivity index (χ4n) is 1.76. The molecular weight excluding hydrogens is 274 g/mol. The van der Waals surface area contributed by atoms with Gasteiger partial charge in [-0.1, -0.05) is 29.8 Å². The van der Waals surface area contributed by atoms with Gasteiger partial charge in [-0.15, -0.1) is 0 Å². The maximum atomic E-state index is 11.9. The van der Waals surface area contributed by atoms with E-state index < -0.39 is 0 Å². The molecule has 4 nitrogen and oxygen atoms in total. The van der Waals surface area contributed by atoms with E-state index in [0.717, 1.165) is 5.56 Å². The lowest BCUT2D eigenvalue weighted by atomic mass is 10.1. The molecule has 1 atom stereocenters. The van der Waals surface area contributed by atoms with E-state index in [2.05, 4.69) is 10.6 Å². The third-order valence-corrected chi connectivity index (χ3v) is 2.99. The molecule has 4 N–H and O–H groups in total. The number of anilines is 2. The quantitative estimate of drug-likeness (QED) is 0.799. The summed E-state index contributed by atoms with van der Waals surface area (Å²) in [6.07, 6.45) is 0. The molecule has 20 heavy (non-hydrogen) atoms. The van der Waals surface area contributed by atoms with Crippen LogP contribution in [0.4, 0.5) is 16.2 Å². The van der Waals surface area contributed by atoms with Crippen LogP contribution >= 0.6 is 11.6 Å². The monoisotopic (exact) mass is 289 g/mol. The fourth-order valence-corrected chi connectivity index (χ4v) is 1.95. The van der Waals surface area contributed by atoms with Crippen molar-refractivity contribution in [3.63, 3.8) is 0 Å². The highest BCUT2D eigenvalue weighted by molar-refractivity contribution is 6.30. The van der Waals surface area contributed by atoms with Crippen molar-refractivity contribution >= 4 is 29.0 Å². The van der Waals surface area contributed by atoms with E-state index in [-0.39, 0.29) is 12.1 Å². The zero-order valence-electron chi connectivity index (χ0n) is 11.1. The molecule has 0 aromatic heterocycles. The largest absolute Gasteiger partial charge is 0.324 e. The number of urea groups is 1. The summed E-state index contributed by atoms with van der Waals surface area (Å²) < 4.78 is 0. The minimum absolute atomic E-state index is 0.0762. The van der Waals surface area contributed by atoms with Gasteiger partial charge in [0.25, 0.3) is 0 Å². The summed E-state index contributed by atoms with van der Waals surface area (Å²) in [5.74, 6) is 0. The average Bonchev–Trinajstić information content (AvgIpc) is 2.38. The van der Waals surface area contributed by atoms with Crippen LogP contribution in [0.1, 0.15) is 18.5 Å². The predicted octanol–water partition coefficient (Wildman–Crippen LogP) is 4.00.